The number of unbranched alkanes of at least 4 members (excludes halogenated alkanes) is 28. The molecule has 0 spiro atoms. The predicted octanol–water partition coefficient (Wildman–Crippen LogP) is 22.0. The van der Waals surface area contributed by atoms with Gasteiger partial charge >= 0.3 is 47.8 Å². The van der Waals surface area contributed by atoms with Gasteiger partial charge in [0.05, 0.1) is 26.4 Å². The molecule has 2 aliphatic carbocycles. The number of hydrogen-bond acceptors (Lipinski definition) is 20. The Morgan fingerprint density at radius 1 is 0.235 bits per heavy atom. The molecule has 4 amide bonds. The van der Waals surface area contributed by atoms with E-state index < -0.39 is 96.3 Å². The van der Waals surface area contributed by atoms with Crippen LogP contribution >= 0.6 is 0 Å². The first-order valence-corrected chi connectivity index (χ1v) is 53.0. The molecule has 24 heteroatoms. The van der Waals surface area contributed by atoms with Crippen LogP contribution in [-0.2, 0) is 95.4 Å². The highest BCUT2D eigenvalue weighted by atomic mass is 16.6. The summed E-state index contributed by atoms with van der Waals surface area (Å²) in [5, 5.41) is 11.4. The van der Waals surface area contributed by atoms with Crippen molar-refractivity contribution < 1.29 is 95.4 Å². The van der Waals surface area contributed by atoms with Crippen LogP contribution in [0.4, 0.5) is 0 Å². The number of esters is 8. The van der Waals surface area contributed by atoms with Crippen molar-refractivity contribution in [1.82, 2.24) is 21.3 Å². The van der Waals surface area contributed by atoms with Gasteiger partial charge < -0.3 is 59.2 Å². The topological polar surface area (TPSA) is 327 Å². The van der Waals surface area contributed by atoms with Crippen LogP contribution in [0.25, 0.3) is 0 Å². The second kappa shape index (κ2) is 83.5. The van der Waals surface area contributed by atoms with Gasteiger partial charge in [-0.3, -0.25) is 38.4 Å². The van der Waals surface area contributed by atoms with Crippen LogP contribution in [-0.4, -0.2) is 146 Å². The van der Waals surface area contributed by atoms with Crippen LogP contribution in [0.5, 0.6) is 0 Å². The number of hydrogen-bond donors (Lipinski definition) is 4. The van der Waals surface area contributed by atoms with E-state index in [4.69, 9.17) is 37.9 Å². The third-order valence-electron chi connectivity index (χ3n) is 24.7. The summed E-state index contributed by atoms with van der Waals surface area (Å²) in [5.74, 6) is 18.8. The minimum atomic E-state index is -1.03. The van der Waals surface area contributed by atoms with Gasteiger partial charge in [0.2, 0.25) is 23.6 Å². The van der Waals surface area contributed by atoms with E-state index in [1.54, 1.807) is 0 Å². The Hall–Kier alpha value is -8.12. The molecule has 0 unspecified atom stereocenters. The maximum Gasteiger partial charge on any atom is 0.328 e. The molecule has 6 aliphatic rings. The van der Waals surface area contributed by atoms with Crippen molar-refractivity contribution in [3.8, 4) is 47.4 Å². The second-order valence-electron chi connectivity index (χ2n) is 36.8. The molecule has 0 radical (unpaired) electrons. The number of carbonyl (C=O) groups excluding carboxylic acids is 12. The molecular formula is C108H176N4O20. The first-order valence-electron chi connectivity index (χ1n) is 53.0. The Bertz CT molecular complexity index is 2970. The van der Waals surface area contributed by atoms with Crippen LogP contribution < -0.4 is 21.3 Å². The van der Waals surface area contributed by atoms with Crippen LogP contribution in [0, 0.1) is 47.4 Å². The van der Waals surface area contributed by atoms with Crippen LogP contribution in [0.15, 0.2) is 0 Å². The van der Waals surface area contributed by atoms with Crippen molar-refractivity contribution in [3.63, 3.8) is 0 Å². The van der Waals surface area contributed by atoms with E-state index >= 15 is 0 Å². The molecule has 4 atom stereocenters. The molecule has 24 nitrogen and oxygen atoms in total. The number of carbonyl (C=O) groups is 12. The molecule has 2 fully saturated rings. The number of rotatable bonds is 40. The lowest BCUT2D eigenvalue weighted by Crippen LogP contribution is -2.42. The molecule has 4 N–H and O–H groups in total. The molecule has 132 heavy (non-hydrogen) atoms. The van der Waals surface area contributed by atoms with Crippen molar-refractivity contribution in [3.05, 3.63) is 0 Å². The standard InChI is InChI=1S/C108H176N4O20/c1-5-9-13-17-21-45-53-61-85-125-105(121)93-77-81-101(117)129-89-69-71-90(72-70-89)130-102(118)82-78-94(106(122)126-86-62-54-46-22-18-14-10-6-2)110-98(114)66-59-51-43-39-35-31-27-28-32-36-40-44-52-60-68-100(116)112-96(108(124)128-88-64-56-48-24-20-16-12-8-4)80-84-104(120)132-92-75-73-91(74-76-92)131-103(119)83-79-95(107(123)127-87-63-55-47-23-19-15-11-7-3)111-99(115)67-58-50-42-38-34-30-26-25-29-33-37-41-49-57-65-97(113)109-93/h89-96H,5-24,33-88H2,1-4H3,(H,109,113)(H,110,114)(H,111,115)(H,112,116)/t89?,90?,91?,92?,93-,94-,95-,96-/m0/s1. The Labute approximate surface area is 796 Å². The molecule has 0 aromatic carbocycles. The first-order chi connectivity index (χ1) is 64.4. The van der Waals surface area contributed by atoms with Gasteiger partial charge in [0.25, 0.3) is 0 Å². The van der Waals surface area contributed by atoms with Crippen LogP contribution in [0.2, 0.25) is 0 Å². The van der Waals surface area contributed by atoms with Gasteiger partial charge in [0.15, 0.2) is 0 Å². The van der Waals surface area contributed by atoms with Gasteiger partial charge in [-0.15, -0.1) is 0 Å². The maximum atomic E-state index is 13.5. The molecule has 0 aromatic heterocycles. The minimum absolute atomic E-state index is 0.0103. The predicted molar refractivity (Wildman–Crippen MR) is 517 cm³/mol. The largest absolute Gasteiger partial charge is 0.464 e. The summed E-state index contributed by atoms with van der Waals surface area (Å²) < 4.78 is 46.3. The molecule has 748 valence electrons. The smallest absolute Gasteiger partial charge is 0.328 e. The monoisotopic (exact) mass is 1850 g/mol. The maximum absolute atomic E-state index is 13.5. The van der Waals surface area contributed by atoms with Gasteiger partial charge in [-0.05, 0) is 178 Å². The highest BCUT2D eigenvalue weighted by Crippen LogP contribution is 2.28. The fourth-order valence-electron chi connectivity index (χ4n) is 16.5. The lowest BCUT2D eigenvalue weighted by Gasteiger charge is -2.28. The molecule has 0 saturated heterocycles. The third-order valence-corrected chi connectivity index (χ3v) is 24.7. The van der Waals surface area contributed by atoms with Gasteiger partial charge in [0, 0.05) is 77.0 Å². The third kappa shape index (κ3) is 68.0. The average Bonchev–Trinajstić information content (AvgIpc) is 0.888. The minimum Gasteiger partial charge on any atom is -0.464 e. The summed E-state index contributed by atoms with van der Waals surface area (Å²) in [7, 11) is 0. The number of nitrogens with one attached hydrogen (secondary N) is 4. The number of amides is 4. The first kappa shape index (κ1) is 118. The summed E-state index contributed by atoms with van der Waals surface area (Å²) in [6, 6.07) is -4.10. The Kier molecular flexibility index (Phi) is 74.6. The van der Waals surface area contributed by atoms with E-state index in [1.807, 2.05) is 0 Å². The van der Waals surface area contributed by atoms with Crippen molar-refractivity contribution >= 4 is 71.4 Å². The zero-order chi connectivity index (χ0) is 95.4. The van der Waals surface area contributed by atoms with Gasteiger partial charge in [-0.25, -0.2) is 19.2 Å². The SMILES string of the molecule is CCCCCCCCCCOC(=O)[C@@H]1CCC(=O)OC2CCC(CC2)OC(=O)CC[C@@H](C(=O)OCCCCCCCCCC)NC(=O)CCCCCCC#CC#CCCCCCCC(=O)N[C@H](C(=O)OCCCCCCCCCC)CCC(=O)OC2CCC(CC2)OC(=O)CC[C@@H](C(=O)OCCCCCCCCCC)NC(=O)CCCCCCC#CC#CCCCCCCC(=O)N1. The van der Waals surface area contributed by atoms with Gasteiger partial charge in [-0.1, -0.05) is 283 Å². The van der Waals surface area contributed by atoms with E-state index in [1.165, 1.54) is 103 Å². The van der Waals surface area contributed by atoms with E-state index in [0.717, 1.165) is 154 Å². The fourth-order valence-corrected chi connectivity index (χ4v) is 16.5. The molecule has 4 heterocycles. The molecule has 0 aromatic rings. The molecule has 4 aliphatic heterocycles. The van der Waals surface area contributed by atoms with Crippen molar-refractivity contribution in [2.45, 2.75) is 539 Å². The van der Waals surface area contributed by atoms with Crippen LogP contribution in [0.3, 0.4) is 0 Å². The fraction of sp³-hybridized carbons (Fsp3) is 0.815. The Morgan fingerprint density at radius 2 is 0.409 bits per heavy atom. The van der Waals surface area contributed by atoms with E-state index in [9.17, 15) is 57.5 Å². The highest BCUT2D eigenvalue weighted by molar-refractivity contribution is 5.87. The summed E-state index contributed by atoms with van der Waals surface area (Å²) in [4.78, 5) is 161. The summed E-state index contributed by atoms with van der Waals surface area (Å²) >= 11 is 0. The second-order valence-corrected chi connectivity index (χ2v) is 36.8. The lowest BCUT2D eigenvalue weighted by atomic mass is 9.95. The Balaban J connectivity index is 1.67. The summed E-state index contributed by atoms with van der Waals surface area (Å²) in [5.41, 5.74) is 0. The molecular weight excluding hydrogens is 1670 g/mol. The average molecular weight is 1850 g/mol. The van der Waals surface area contributed by atoms with Gasteiger partial charge in [-0.2, -0.15) is 0 Å². The van der Waals surface area contributed by atoms with Crippen molar-refractivity contribution in [2.24, 2.45) is 0 Å². The van der Waals surface area contributed by atoms with Crippen molar-refractivity contribution in [1.29, 1.82) is 0 Å². The van der Waals surface area contributed by atoms with Crippen molar-refractivity contribution in [2.75, 3.05) is 26.4 Å². The van der Waals surface area contributed by atoms with E-state index in [2.05, 4.69) is 96.3 Å². The molecule has 4 bridgehead atoms. The summed E-state index contributed by atoms with van der Waals surface area (Å²) in [6.07, 6.45) is 51.6. The van der Waals surface area contributed by atoms with E-state index in [-0.39, 0.29) is 127 Å². The lowest BCUT2D eigenvalue weighted by molar-refractivity contribution is -0.159. The van der Waals surface area contributed by atoms with E-state index in [0.29, 0.717) is 128 Å². The zero-order valence-electron chi connectivity index (χ0n) is 82.5. The number of ether oxygens (including phenoxy) is 8. The van der Waals surface area contributed by atoms with Gasteiger partial charge in [0.1, 0.15) is 48.6 Å². The Morgan fingerprint density at radius 3 is 0.598 bits per heavy atom. The van der Waals surface area contributed by atoms with Crippen LogP contribution in [0.1, 0.15) is 490 Å². The quantitative estimate of drug-likeness (QED) is 0.0192. The molecule has 2 saturated carbocycles. The normalized spacial score (nSPS) is 21.8. The molecule has 6 rings (SSSR count). The highest BCUT2D eigenvalue weighted by Gasteiger charge is 2.33. The summed E-state index contributed by atoms with van der Waals surface area (Å²) in [6.45, 7) is 9.65. The zero-order valence-corrected chi connectivity index (χ0v) is 82.5.